The summed E-state index contributed by atoms with van der Waals surface area (Å²) in [5.41, 5.74) is 0. The molecule has 0 rings (SSSR count). The van der Waals surface area contributed by atoms with Crippen LogP contribution in [0.25, 0.3) is 0 Å². The van der Waals surface area contributed by atoms with Crippen LogP contribution in [0.2, 0.25) is 0 Å². The molecule has 0 unspecified atom stereocenters. The molecule has 0 bridgehead atoms. The molecule has 0 heterocycles. The van der Waals surface area contributed by atoms with Gasteiger partial charge in [0.1, 0.15) is 0 Å². The zero-order valence-corrected chi connectivity index (χ0v) is 13.2. The third-order valence-electron chi connectivity index (χ3n) is 1.87. The molecule has 0 radical (unpaired) electrons. The van der Waals surface area contributed by atoms with E-state index in [0.29, 0.717) is 0 Å². The van der Waals surface area contributed by atoms with Gasteiger partial charge >= 0.3 is 57.4 Å². The molecule has 0 aliphatic heterocycles. The monoisotopic (exact) mass is 234 g/mol. The third kappa shape index (κ3) is 7.36. The van der Waals surface area contributed by atoms with Gasteiger partial charge in [0.2, 0.25) is 0 Å². The summed E-state index contributed by atoms with van der Waals surface area (Å²) < 4.78 is 5.33. The first-order valence-electron chi connectivity index (χ1n) is 4.06. The van der Waals surface area contributed by atoms with Gasteiger partial charge in [-0.2, -0.15) is 0 Å². The predicted molar refractivity (Wildman–Crippen MR) is 52.9 cm³/mol. The minimum Gasteiger partial charge on any atom is -0.870 e. The van der Waals surface area contributed by atoms with Crippen molar-refractivity contribution < 1.29 is 65.8 Å². The Balaban J connectivity index is -0.000000500. The molecular formula is C8H19KO3S. The van der Waals surface area contributed by atoms with Crippen molar-refractivity contribution in [1.29, 1.82) is 0 Å². The first-order valence-corrected chi connectivity index (χ1v) is 6.13. The second-order valence-corrected chi connectivity index (χ2v) is 6.24. The molecule has 0 aromatic carbocycles. The summed E-state index contributed by atoms with van der Waals surface area (Å²) in [5.74, 6) is 2.82. The summed E-state index contributed by atoms with van der Waals surface area (Å²) in [5, 5.41) is 0. The first kappa shape index (κ1) is 19.9. The van der Waals surface area contributed by atoms with Crippen LogP contribution >= 0.6 is 10.3 Å². The molecule has 0 saturated carbocycles. The van der Waals surface area contributed by atoms with Gasteiger partial charge in [-0.3, -0.25) is 4.79 Å². The molecule has 76 valence electrons. The largest absolute Gasteiger partial charge is 1.00 e. The van der Waals surface area contributed by atoms with E-state index in [1.54, 1.807) is 0 Å². The molecule has 0 aromatic heterocycles. The van der Waals surface area contributed by atoms with Crippen LogP contribution < -0.4 is 51.4 Å². The molecule has 0 aliphatic rings. The number of rotatable bonds is 4. The van der Waals surface area contributed by atoms with Crippen LogP contribution in [0.15, 0.2) is 0 Å². The molecule has 13 heavy (non-hydrogen) atoms. The van der Waals surface area contributed by atoms with Crippen molar-refractivity contribution in [3.8, 4) is 0 Å². The van der Waals surface area contributed by atoms with Crippen LogP contribution in [0.1, 0.15) is 27.7 Å². The zero-order valence-electron chi connectivity index (χ0n) is 9.29. The van der Waals surface area contributed by atoms with Crippen molar-refractivity contribution in [2.75, 3.05) is 17.3 Å². The number of carbonyl (C=O) groups excluding carboxylic acids is 1. The fraction of sp³-hybridized carbons (Fsp3) is 0.875. The molecule has 3 nitrogen and oxygen atoms in total. The summed E-state index contributed by atoms with van der Waals surface area (Å²) in [7, 11) is -1.06. The SMILES string of the molecule is CCS(CC)(CC)OC(C)=O.[K+].[OH-]. The van der Waals surface area contributed by atoms with Gasteiger partial charge in [0.25, 0.3) is 0 Å². The number of hydrogen-bond acceptors (Lipinski definition) is 3. The van der Waals surface area contributed by atoms with E-state index in [0.717, 1.165) is 17.3 Å². The third-order valence-corrected chi connectivity index (χ3v) is 5.62. The van der Waals surface area contributed by atoms with E-state index < -0.39 is 10.3 Å². The zero-order chi connectivity index (χ0) is 8.91. The summed E-state index contributed by atoms with van der Waals surface area (Å²) in [6.45, 7) is 7.75. The van der Waals surface area contributed by atoms with Crippen molar-refractivity contribution in [3.63, 3.8) is 0 Å². The Hall–Kier alpha value is 1.42. The fourth-order valence-corrected chi connectivity index (χ4v) is 3.11. The molecule has 5 heteroatoms. The predicted octanol–water partition coefficient (Wildman–Crippen LogP) is -0.844. The molecule has 0 spiro atoms. The first-order chi connectivity index (χ1) is 5.10. The Morgan fingerprint density at radius 1 is 1.15 bits per heavy atom. The minimum absolute atomic E-state index is 0. The Bertz CT molecular complexity index is 129. The van der Waals surface area contributed by atoms with Gasteiger partial charge in [0.15, 0.2) is 0 Å². The van der Waals surface area contributed by atoms with Gasteiger partial charge < -0.3 is 9.66 Å². The van der Waals surface area contributed by atoms with E-state index in [2.05, 4.69) is 20.8 Å². The molecule has 0 saturated heterocycles. The molecule has 0 aliphatic carbocycles. The van der Waals surface area contributed by atoms with E-state index in [4.69, 9.17) is 4.18 Å². The van der Waals surface area contributed by atoms with E-state index >= 15 is 0 Å². The van der Waals surface area contributed by atoms with E-state index in [-0.39, 0.29) is 62.8 Å². The van der Waals surface area contributed by atoms with E-state index in [9.17, 15) is 4.79 Å². The Morgan fingerprint density at radius 3 is 1.54 bits per heavy atom. The second-order valence-electron chi connectivity index (χ2n) is 2.41. The summed E-state index contributed by atoms with van der Waals surface area (Å²) >= 11 is 0. The van der Waals surface area contributed by atoms with Crippen molar-refractivity contribution in [1.82, 2.24) is 0 Å². The Labute approximate surface area is 125 Å². The average Bonchev–Trinajstić information content (AvgIpc) is 2.00. The standard InChI is InChI=1S/C8H18O2S.K.H2O/c1-5-11(6-2,7-3)10-8(4)9;;/h5-7H2,1-4H3;;1H2/q;+1;/p-1. The maximum absolute atomic E-state index is 10.7. The average molecular weight is 234 g/mol. The van der Waals surface area contributed by atoms with Crippen molar-refractivity contribution in [2.24, 2.45) is 0 Å². The molecule has 0 atom stereocenters. The van der Waals surface area contributed by atoms with Crippen molar-refractivity contribution in [3.05, 3.63) is 0 Å². The Kier molecular flexibility index (Phi) is 15.2. The smallest absolute Gasteiger partial charge is 0.870 e. The Morgan fingerprint density at radius 2 is 1.46 bits per heavy atom. The molecule has 0 aromatic rings. The van der Waals surface area contributed by atoms with Gasteiger partial charge in [0.05, 0.1) is 0 Å². The maximum Gasteiger partial charge on any atom is 1.00 e. The summed E-state index contributed by atoms with van der Waals surface area (Å²) in [4.78, 5) is 10.7. The van der Waals surface area contributed by atoms with Crippen LogP contribution in [0, 0.1) is 0 Å². The van der Waals surface area contributed by atoms with Gasteiger partial charge in [-0.05, 0) is 0 Å². The molecule has 0 fully saturated rings. The summed E-state index contributed by atoms with van der Waals surface area (Å²) in [6.07, 6.45) is 0. The normalized spacial score (nSPS) is 10.8. The van der Waals surface area contributed by atoms with Crippen LogP contribution in [-0.4, -0.2) is 28.7 Å². The van der Waals surface area contributed by atoms with Crippen LogP contribution in [0.4, 0.5) is 0 Å². The van der Waals surface area contributed by atoms with Crippen LogP contribution in [0.3, 0.4) is 0 Å². The molecule has 1 N–H and O–H groups in total. The molecular weight excluding hydrogens is 215 g/mol. The molecule has 0 amide bonds. The maximum atomic E-state index is 10.7. The summed E-state index contributed by atoms with van der Waals surface area (Å²) in [6, 6.07) is 0. The van der Waals surface area contributed by atoms with Crippen LogP contribution in [0.5, 0.6) is 0 Å². The number of hydrogen-bond donors (Lipinski definition) is 0. The topological polar surface area (TPSA) is 56.3 Å². The second kappa shape index (κ2) is 9.95. The van der Waals surface area contributed by atoms with Gasteiger partial charge in [-0.15, -0.1) is 0 Å². The van der Waals surface area contributed by atoms with Gasteiger partial charge in [-0.25, -0.2) is 0 Å². The minimum atomic E-state index is -1.06. The van der Waals surface area contributed by atoms with Crippen molar-refractivity contribution >= 4 is 16.3 Å². The quantitative estimate of drug-likeness (QED) is 0.596. The van der Waals surface area contributed by atoms with Gasteiger partial charge in [0, 0.05) is 24.2 Å². The van der Waals surface area contributed by atoms with E-state index in [1.165, 1.54) is 6.92 Å². The fourth-order valence-electron chi connectivity index (χ4n) is 1.04. The van der Waals surface area contributed by atoms with E-state index in [1.807, 2.05) is 0 Å². The van der Waals surface area contributed by atoms with Gasteiger partial charge in [-0.1, -0.05) is 31.1 Å². The number of carbonyl (C=O) groups is 1. The van der Waals surface area contributed by atoms with Crippen molar-refractivity contribution in [2.45, 2.75) is 27.7 Å². The van der Waals surface area contributed by atoms with Crippen LogP contribution in [-0.2, 0) is 8.98 Å².